The summed E-state index contributed by atoms with van der Waals surface area (Å²) < 4.78 is 36.5. The second-order valence-corrected chi connectivity index (χ2v) is 9.59. The fourth-order valence-corrected chi connectivity index (χ4v) is 5.39. The van der Waals surface area contributed by atoms with Gasteiger partial charge in [-0.05, 0) is 60.1 Å². The predicted molar refractivity (Wildman–Crippen MR) is 124 cm³/mol. The summed E-state index contributed by atoms with van der Waals surface area (Å²) in [4.78, 5) is 12.8. The van der Waals surface area contributed by atoms with Gasteiger partial charge in [-0.15, -0.1) is 4.40 Å². The maximum absolute atomic E-state index is 13.1. The molecular formula is C20H19Br2N3O4S. The Kier molecular flexibility index (Phi) is 6.99. The number of carbonyl (C=O) groups is 1. The van der Waals surface area contributed by atoms with E-state index >= 15 is 0 Å². The molecule has 0 saturated carbocycles. The van der Waals surface area contributed by atoms with Gasteiger partial charge in [-0.3, -0.25) is 4.79 Å². The molecule has 0 aliphatic carbocycles. The lowest BCUT2D eigenvalue weighted by Gasteiger charge is -2.18. The Balaban J connectivity index is 2.20. The zero-order valence-corrected chi connectivity index (χ0v) is 20.1. The zero-order valence-electron chi connectivity index (χ0n) is 16.1. The van der Waals surface area contributed by atoms with E-state index in [4.69, 9.17) is 4.74 Å². The lowest BCUT2D eigenvalue weighted by atomic mass is 10.0. The van der Waals surface area contributed by atoms with E-state index in [-0.39, 0.29) is 17.3 Å². The highest BCUT2D eigenvalue weighted by Gasteiger charge is 2.35. The smallest absolute Gasteiger partial charge is 0.322 e. The molecule has 3 rings (SSSR count). The fraction of sp³-hybridized carbons (Fsp3) is 0.200. The quantitative estimate of drug-likeness (QED) is 0.519. The molecule has 1 heterocycles. The number of hydrogen-bond acceptors (Lipinski definition) is 5. The van der Waals surface area contributed by atoms with E-state index in [1.807, 2.05) is 12.1 Å². The molecule has 7 nitrogen and oxygen atoms in total. The van der Waals surface area contributed by atoms with Gasteiger partial charge < -0.3 is 15.4 Å². The summed E-state index contributed by atoms with van der Waals surface area (Å²) in [6.45, 7) is 3.59. The maximum atomic E-state index is 13.1. The lowest BCUT2D eigenvalue weighted by molar-refractivity contribution is -0.144. The van der Waals surface area contributed by atoms with Gasteiger partial charge in [0.2, 0.25) is 0 Å². The summed E-state index contributed by atoms with van der Waals surface area (Å²) in [6.07, 6.45) is 1.70. The average Bonchev–Trinajstić information content (AvgIpc) is 2.85. The molecule has 0 amide bonds. The van der Waals surface area contributed by atoms with E-state index in [0.29, 0.717) is 26.0 Å². The van der Waals surface area contributed by atoms with Gasteiger partial charge in [0, 0.05) is 14.6 Å². The second kappa shape index (κ2) is 9.32. The molecule has 2 N–H and O–H groups in total. The number of nitrogens with one attached hydrogen (secondary N) is 2. The summed E-state index contributed by atoms with van der Waals surface area (Å²) in [6, 6.07) is 12.0. The number of para-hydroxylation sites is 2. The van der Waals surface area contributed by atoms with Crippen molar-refractivity contribution in [2.45, 2.75) is 18.7 Å². The van der Waals surface area contributed by atoms with Gasteiger partial charge in [0.25, 0.3) is 10.0 Å². The Morgan fingerprint density at radius 1 is 1.17 bits per heavy atom. The molecule has 10 heteroatoms. The Hall–Kier alpha value is -2.17. The number of fused-ring (bicyclic) bond motifs is 1. The number of ether oxygens (including phenoxy) is 1. The molecule has 0 aromatic heterocycles. The topological polar surface area (TPSA) is 96.9 Å². The van der Waals surface area contributed by atoms with Crippen molar-refractivity contribution in [1.29, 1.82) is 0 Å². The van der Waals surface area contributed by atoms with Gasteiger partial charge in [0.05, 0.1) is 18.0 Å². The van der Waals surface area contributed by atoms with Crippen molar-refractivity contribution < 1.29 is 17.9 Å². The van der Waals surface area contributed by atoms with E-state index in [9.17, 15) is 13.2 Å². The minimum Gasteiger partial charge on any atom is -0.465 e. The summed E-state index contributed by atoms with van der Waals surface area (Å²) in [5.41, 5.74) is 1.74. The largest absolute Gasteiger partial charge is 0.465 e. The van der Waals surface area contributed by atoms with Crippen LogP contribution in [0.4, 0.5) is 11.4 Å². The molecule has 0 bridgehead atoms. The van der Waals surface area contributed by atoms with Crippen LogP contribution in [0, 0.1) is 5.92 Å². The number of anilines is 2. The normalized spacial score (nSPS) is 18.9. The summed E-state index contributed by atoms with van der Waals surface area (Å²) >= 11 is 6.54. The van der Waals surface area contributed by atoms with Crippen molar-refractivity contribution in [3.05, 3.63) is 63.2 Å². The first-order valence-electron chi connectivity index (χ1n) is 9.02. The average molecular weight is 557 g/mol. The van der Waals surface area contributed by atoms with Gasteiger partial charge in [0.15, 0.2) is 5.92 Å². The van der Waals surface area contributed by atoms with Crippen molar-refractivity contribution in [2.75, 3.05) is 17.2 Å². The van der Waals surface area contributed by atoms with Crippen LogP contribution in [0.15, 0.2) is 72.5 Å². The maximum Gasteiger partial charge on any atom is 0.322 e. The number of nitrogens with zero attached hydrogens (tertiary/aromatic N) is 1. The van der Waals surface area contributed by atoms with Crippen LogP contribution >= 0.6 is 31.9 Å². The zero-order chi connectivity index (χ0) is 21.9. The van der Waals surface area contributed by atoms with Crippen LogP contribution in [0.2, 0.25) is 0 Å². The van der Waals surface area contributed by atoms with Crippen LogP contribution < -0.4 is 10.6 Å². The summed E-state index contributed by atoms with van der Waals surface area (Å²) in [7, 11) is -4.16. The Bertz CT molecular complexity index is 1150. The van der Waals surface area contributed by atoms with Crippen LogP contribution in [0.5, 0.6) is 0 Å². The first-order chi connectivity index (χ1) is 14.3. The van der Waals surface area contributed by atoms with Crippen LogP contribution in [-0.2, 0) is 19.6 Å². The third-order valence-corrected chi connectivity index (χ3v) is 7.05. The van der Waals surface area contributed by atoms with E-state index < -0.39 is 21.9 Å². The number of carbonyl (C=O) groups excluding carboxylic acids is 1. The van der Waals surface area contributed by atoms with Crippen molar-refractivity contribution in [3.8, 4) is 0 Å². The number of halogens is 2. The molecule has 158 valence electrons. The third kappa shape index (κ3) is 4.76. The predicted octanol–water partition coefficient (Wildman–Crippen LogP) is 4.92. The van der Waals surface area contributed by atoms with Crippen LogP contribution in [-0.4, -0.2) is 26.8 Å². The number of hydrogen-bond donors (Lipinski definition) is 2. The van der Waals surface area contributed by atoms with Gasteiger partial charge in [-0.2, -0.15) is 8.42 Å². The van der Waals surface area contributed by atoms with Crippen molar-refractivity contribution in [1.82, 2.24) is 0 Å². The molecule has 0 saturated heterocycles. The Labute approximate surface area is 191 Å². The monoisotopic (exact) mass is 555 g/mol. The lowest BCUT2D eigenvalue weighted by Crippen LogP contribution is -2.34. The van der Waals surface area contributed by atoms with Crippen molar-refractivity contribution in [2.24, 2.45) is 10.3 Å². The highest BCUT2D eigenvalue weighted by atomic mass is 79.9. The SMILES string of the molecule is C/C=C1\Nc2ccccc2N/C(=N\S(=O)(=O)c2cc(Br)ccc2Br)[C@@H]1C(=O)OCC. The summed E-state index contributed by atoms with van der Waals surface area (Å²) in [5.74, 6) is -1.73. The molecule has 1 atom stereocenters. The number of amidine groups is 1. The Morgan fingerprint density at radius 3 is 2.47 bits per heavy atom. The van der Waals surface area contributed by atoms with Gasteiger partial charge in [0.1, 0.15) is 10.7 Å². The molecule has 0 radical (unpaired) electrons. The first kappa shape index (κ1) is 22.5. The van der Waals surface area contributed by atoms with E-state index in [1.165, 1.54) is 6.07 Å². The van der Waals surface area contributed by atoms with Crippen molar-refractivity contribution >= 4 is 65.1 Å². The molecule has 1 aliphatic rings. The molecule has 1 aliphatic heterocycles. The second-order valence-electron chi connectivity index (χ2n) is 6.25. The van der Waals surface area contributed by atoms with Crippen LogP contribution in [0.3, 0.4) is 0 Å². The summed E-state index contributed by atoms with van der Waals surface area (Å²) in [5, 5.41) is 6.19. The number of benzene rings is 2. The molecule has 2 aromatic rings. The number of sulfonamides is 1. The highest BCUT2D eigenvalue weighted by Crippen LogP contribution is 2.33. The number of esters is 1. The molecule has 0 unspecified atom stereocenters. The van der Waals surface area contributed by atoms with Crippen LogP contribution in [0.25, 0.3) is 0 Å². The number of rotatable bonds is 4. The Morgan fingerprint density at radius 2 is 1.83 bits per heavy atom. The van der Waals surface area contributed by atoms with Crippen LogP contribution in [0.1, 0.15) is 13.8 Å². The van der Waals surface area contributed by atoms with E-state index in [0.717, 1.165) is 0 Å². The minimum atomic E-state index is -4.16. The molecule has 0 spiro atoms. The van der Waals surface area contributed by atoms with E-state index in [1.54, 1.807) is 44.2 Å². The van der Waals surface area contributed by atoms with Gasteiger partial charge in [-0.25, -0.2) is 0 Å². The molecule has 2 aromatic carbocycles. The molecule has 30 heavy (non-hydrogen) atoms. The van der Waals surface area contributed by atoms with E-state index in [2.05, 4.69) is 46.9 Å². The highest BCUT2D eigenvalue weighted by molar-refractivity contribution is 9.11. The standard InChI is InChI=1S/C20H19Br2N3O4S/c1-3-14-18(20(26)29-4-2)19(24-16-8-6-5-7-15(16)23-14)25-30(27,28)17-11-12(21)9-10-13(17)22/h3,5-11,18,23H,4H2,1-2H3,(H,24,25)/b14-3-/t18-/m1/s1. The number of allylic oxidation sites excluding steroid dienone is 1. The fourth-order valence-electron chi connectivity index (χ4n) is 2.92. The first-order valence-corrected chi connectivity index (χ1v) is 12.0. The molecule has 0 fully saturated rings. The third-order valence-electron chi connectivity index (χ3n) is 4.28. The van der Waals surface area contributed by atoms with Crippen molar-refractivity contribution in [3.63, 3.8) is 0 Å². The minimum absolute atomic E-state index is 0.0266. The van der Waals surface area contributed by atoms with Gasteiger partial charge >= 0.3 is 5.97 Å². The molecular weight excluding hydrogens is 538 g/mol. The van der Waals surface area contributed by atoms with Gasteiger partial charge in [-0.1, -0.05) is 34.1 Å².